The predicted octanol–water partition coefficient (Wildman–Crippen LogP) is 4.52. The van der Waals surface area contributed by atoms with E-state index in [-0.39, 0.29) is 5.76 Å². The van der Waals surface area contributed by atoms with Gasteiger partial charge in [0.2, 0.25) is 5.76 Å². The molecule has 0 radical (unpaired) electrons. The molecular weight excluding hydrogens is 410 g/mol. The van der Waals surface area contributed by atoms with Gasteiger partial charge in [-0.05, 0) is 64.2 Å². The van der Waals surface area contributed by atoms with Gasteiger partial charge in [0.1, 0.15) is 5.58 Å². The Labute approximate surface area is 165 Å². The number of carbonyl (C=O) groups is 1. The van der Waals surface area contributed by atoms with E-state index < -0.39 is 5.97 Å². The molecule has 0 amide bonds. The Morgan fingerprint density at radius 2 is 1.74 bits per heavy atom. The van der Waals surface area contributed by atoms with Gasteiger partial charge in [-0.25, -0.2) is 4.79 Å². The zero-order valence-electron chi connectivity index (χ0n) is 14.8. The predicted molar refractivity (Wildman–Crippen MR) is 108 cm³/mol. The number of furan rings is 1. The fourth-order valence-electron chi connectivity index (χ4n) is 3.39. The van der Waals surface area contributed by atoms with Crippen LogP contribution < -0.4 is 4.90 Å². The van der Waals surface area contributed by atoms with E-state index in [2.05, 4.69) is 39.0 Å². The molecule has 1 fully saturated rings. The van der Waals surface area contributed by atoms with Crippen LogP contribution in [0.5, 0.6) is 0 Å². The maximum absolute atomic E-state index is 11.0. The van der Waals surface area contributed by atoms with Crippen molar-refractivity contribution in [1.29, 1.82) is 0 Å². The second-order valence-electron chi connectivity index (χ2n) is 6.67. The normalized spacial score (nSPS) is 14.6. The molecule has 0 atom stereocenters. The second-order valence-corrected chi connectivity index (χ2v) is 7.53. The summed E-state index contributed by atoms with van der Waals surface area (Å²) in [5.41, 5.74) is 4.21. The molecule has 4 rings (SSSR count). The number of hydrogen-bond donors (Lipinski definition) is 1. The molecule has 5 nitrogen and oxygen atoms in total. The molecule has 140 valence electrons. The Hall–Kier alpha value is -2.31. The smallest absolute Gasteiger partial charge is 0.371 e. The average Bonchev–Trinajstić information content (AvgIpc) is 3.11. The lowest BCUT2D eigenvalue weighted by atomic mass is 10.0. The van der Waals surface area contributed by atoms with Crippen LogP contribution in [0.4, 0.5) is 5.69 Å². The van der Waals surface area contributed by atoms with Crippen molar-refractivity contribution in [3.05, 3.63) is 63.8 Å². The van der Waals surface area contributed by atoms with Crippen LogP contribution in [0.25, 0.3) is 11.0 Å². The Bertz CT molecular complexity index is 975. The summed E-state index contributed by atoms with van der Waals surface area (Å²) in [6, 6.07) is 13.9. The van der Waals surface area contributed by atoms with Gasteiger partial charge in [-0.1, -0.05) is 18.2 Å². The van der Waals surface area contributed by atoms with Crippen molar-refractivity contribution in [2.75, 3.05) is 31.2 Å². The van der Waals surface area contributed by atoms with E-state index in [1.165, 1.54) is 11.3 Å². The highest BCUT2D eigenvalue weighted by Gasteiger charge is 2.14. The van der Waals surface area contributed by atoms with Gasteiger partial charge in [0, 0.05) is 22.9 Å². The lowest BCUT2D eigenvalue weighted by Crippen LogP contribution is -2.36. The zero-order chi connectivity index (χ0) is 18.8. The Kier molecular flexibility index (Phi) is 5.18. The van der Waals surface area contributed by atoms with Crippen LogP contribution in [0, 0.1) is 0 Å². The lowest BCUT2D eigenvalue weighted by Gasteiger charge is -2.29. The summed E-state index contributed by atoms with van der Waals surface area (Å²) < 4.78 is 11.9. The van der Waals surface area contributed by atoms with Gasteiger partial charge in [-0.2, -0.15) is 0 Å². The van der Waals surface area contributed by atoms with E-state index in [0.717, 1.165) is 54.6 Å². The minimum Gasteiger partial charge on any atom is -0.475 e. The van der Waals surface area contributed by atoms with Crippen LogP contribution in [0.15, 0.2) is 51.4 Å². The van der Waals surface area contributed by atoms with Crippen molar-refractivity contribution in [1.82, 2.24) is 0 Å². The molecule has 1 N–H and O–H groups in total. The first kappa shape index (κ1) is 18.1. The highest BCUT2D eigenvalue weighted by Crippen LogP contribution is 2.29. The Balaban J connectivity index is 1.45. The number of rotatable bonds is 5. The summed E-state index contributed by atoms with van der Waals surface area (Å²) in [7, 11) is 0. The molecule has 2 heterocycles. The second kappa shape index (κ2) is 7.74. The van der Waals surface area contributed by atoms with Crippen LogP contribution in [0.3, 0.4) is 0 Å². The molecule has 0 aliphatic carbocycles. The van der Waals surface area contributed by atoms with Crippen molar-refractivity contribution in [3.8, 4) is 0 Å². The molecule has 1 aliphatic rings. The molecule has 0 bridgehead atoms. The SMILES string of the molecule is O=C(O)c1cc2ccc(CCc3ccc(N4CCOCC4)c(Br)c3)cc2o1. The Morgan fingerprint density at radius 3 is 2.44 bits per heavy atom. The van der Waals surface area contributed by atoms with Crippen LogP contribution in [0.1, 0.15) is 21.7 Å². The Morgan fingerprint density at radius 1 is 1.04 bits per heavy atom. The lowest BCUT2D eigenvalue weighted by molar-refractivity contribution is 0.0665. The van der Waals surface area contributed by atoms with E-state index in [1.54, 1.807) is 6.07 Å². The number of benzene rings is 2. The van der Waals surface area contributed by atoms with Gasteiger partial charge in [0.15, 0.2) is 0 Å². The van der Waals surface area contributed by atoms with E-state index in [1.807, 2.05) is 18.2 Å². The summed E-state index contributed by atoms with van der Waals surface area (Å²) in [6.07, 6.45) is 1.77. The molecule has 0 spiro atoms. The third-order valence-electron chi connectivity index (χ3n) is 4.86. The largest absolute Gasteiger partial charge is 0.475 e. The van der Waals surface area contributed by atoms with Crippen LogP contribution in [-0.4, -0.2) is 37.4 Å². The number of aromatic carboxylic acids is 1. The van der Waals surface area contributed by atoms with Crippen molar-refractivity contribution in [3.63, 3.8) is 0 Å². The summed E-state index contributed by atoms with van der Waals surface area (Å²) in [5.74, 6) is -1.07. The number of carboxylic acids is 1. The van der Waals surface area contributed by atoms with Crippen LogP contribution in [0.2, 0.25) is 0 Å². The molecule has 6 heteroatoms. The maximum atomic E-state index is 11.0. The van der Waals surface area contributed by atoms with Gasteiger partial charge in [0.05, 0.1) is 18.9 Å². The summed E-state index contributed by atoms with van der Waals surface area (Å²) in [5, 5.41) is 9.85. The monoisotopic (exact) mass is 429 g/mol. The summed E-state index contributed by atoms with van der Waals surface area (Å²) >= 11 is 3.70. The van der Waals surface area contributed by atoms with E-state index in [9.17, 15) is 4.79 Å². The van der Waals surface area contributed by atoms with Crippen molar-refractivity contribution in [2.24, 2.45) is 0 Å². The molecule has 3 aromatic rings. The minimum atomic E-state index is -1.04. The molecular formula is C21H20BrNO4. The maximum Gasteiger partial charge on any atom is 0.371 e. The third-order valence-corrected chi connectivity index (χ3v) is 5.50. The van der Waals surface area contributed by atoms with Crippen molar-refractivity contribution >= 4 is 38.6 Å². The fraction of sp³-hybridized carbons (Fsp3) is 0.286. The number of anilines is 1. The summed E-state index contributed by atoms with van der Waals surface area (Å²) in [6.45, 7) is 3.37. The molecule has 0 saturated carbocycles. The number of nitrogens with zero attached hydrogens (tertiary/aromatic N) is 1. The van der Waals surface area contributed by atoms with Crippen LogP contribution >= 0.6 is 15.9 Å². The highest BCUT2D eigenvalue weighted by molar-refractivity contribution is 9.10. The van der Waals surface area contributed by atoms with Gasteiger partial charge in [0.25, 0.3) is 0 Å². The number of morpholine rings is 1. The number of carboxylic acid groups (broad SMARTS) is 1. The minimum absolute atomic E-state index is 0.0233. The van der Waals surface area contributed by atoms with E-state index in [4.69, 9.17) is 14.3 Å². The fourth-order valence-corrected chi connectivity index (χ4v) is 4.07. The number of fused-ring (bicyclic) bond motifs is 1. The first-order valence-corrected chi connectivity index (χ1v) is 9.76. The number of halogens is 1. The van der Waals surface area contributed by atoms with Gasteiger partial charge < -0.3 is 19.2 Å². The van der Waals surface area contributed by atoms with Crippen molar-refractivity contribution in [2.45, 2.75) is 12.8 Å². The molecule has 1 saturated heterocycles. The highest BCUT2D eigenvalue weighted by atomic mass is 79.9. The van der Waals surface area contributed by atoms with Gasteiger partial charge in [-0.3, -0.25) is 0 Å². The van der Waals surface area contributed by atoms with E-state index >= 15 is 0 Å². The van der Waals surface area contributed by atoms with Gasteiger partial charge >= 0.3 is 5.97 Å². The zero-order valence-corrected chi connectivity index (χ0v) is 16.4. The molecule has 0 unspecified atom stereocenters. The molecule has 1 aromatic heterocycles. The topological polar surface area (TPSA) is 62.9 Å². The number of aryl methyl sites for hydroxylation is 2. The van der Waals surface area contributed by atoms with E-state index in [0.29, 0.717) is 5.58 Å². The molecule has 1 aliphatic heterocycles. The standard InChI is InChI=1S/C21H20BrNO4/c22-17-11-14(4-6-18(17)23-7-9-26-10-8-23)1-2-15-3-5-16-13-20(21(24)25)27-19(16)12-15/h3-6,11-13H,1-2,7-10H2,(H,24,25). The van der Waals surface area contributed by atoms with Gasteiger partial charge in [-0.15, -0.1) is 0 Å². The summed E-state index contributed by atoms with van der Waals surface area (Å²) in [4.78, 5) is 13.4. The molecule has 2 aromatic carbocycles. The first-order chi connectivity index (χ1) is 13.1. The third kappa shape index (κ3) is 4.01. The van der Waals surface area contributed by atoms with Crippen molar-refractivity contribution < 1.29 is 19.1 Å². The number of ether oxygens (including phenoxy) is 1. The average molecular weight is 430 g/mol. The van der Waals surface area contributed by atoms with Crippen LogP contribution in [-0.2, 0) is 17.6 Å². The quantitative estimate of drug-likeness (QED) is 0.645. The first-order valence-electron chi connectivity index (χ1n) is 8.97. The molecule has 27 heavy (non-hydrogen) atoms. The number of hydrogen-bond acceptors (Lipinski definition) is 4.